The average Bonchev–Trinajstić information content (AvgIpc) is 3.32. The van der Waals surface area contributed by atoms with Gasteiger partial charge >= 0.3 is 6.18 Å². The van der Waals surface area contributed by atoms with Crippen LogP contribution in [0.15, 0.2) is 59.9 Å². The van der Waals surface area contributed by atoms with Gasteiger partial charge in [-0.15, -0.1) is 0 Å². The van der Waals surface area contributed by atoms with Crippen molar-refractivity contribution in [1.29, 1.82) is 0 Å². The van der Waals surface area contributed by atoms with Crippen molar-refractivity contribution in [2.75, 3.05) is 5.73 Å². The Kier molecular flexibility index (Phi) is 6.84. The minimum Gasteiger partial charge on any atom is -0.438 e. The van der Waals surface area contributed by atoms with Gasteiger partial charge in [-0.3, -0.25) is 4.79 Å². The van der Waals surface area contributed by atoms with Gasteiger partial charge in [-0.05, 0) is 56.2 Å². The Bertz CT molecular complexity index is 1630. The van der Waals surface area contributed by atoms with Crippen LogP contribution >= 0.6 is 0 Å². The molecule has 14 heteroatoms. The third-order valence-corrected chi connectivity index (χ3v) is 6.52. The molecule has 0 saturated heterocycles. The molecule has 1 amide bonds. The van der Waals surface area contributed by atoms with E-state index in [2.05, 4.69) is 15.1 Å². The smallest absolute Gasteiger partial charge is 0.419 e. The highest BCUT2D eigenvalue weighted by molar-refractivity contribution is 7.90. The number of nitrogens with one attached hydrogen (secondary N) is 1. The highest BCUT2D eigenvalue weighted by Gasteiger charge is 2.32. The molecule has 0 aliphatic rings. The van der Waals surface area contributed by atoms with E-state index in [9.17, 15) is 26.4 Å². The fraction of sp³-hybridized carbons (Fsp3) is 0.167. The lowest BCUT2D eigenvalue weighted by Crippen LogP contribution is -2.31. The maximum atomic E-state index is 13.1. The summed E-state index contributed by atoms with van der Waals surface area (Å²) in [6.07, 6.45) is -3.27. The SMILES string of the molecule is Cc1cc(C)c(Oc2nc(-n3cc(C(F)(F)F)cn3)ccc2C(=O)NS(=O)(=O)c2cccc(N)n2)c(C)c1. The van der Waals surface area contributed by atoms with Crippen LogP contribution in [0.5, 0.6) is 11.6 Å². The van der Waals surface area contributed by atoms with E-state index in [-0.39, 0.29) is 23.1 Å². The van der Waals surface area contributed by atoms with Crippen LogP contribution in [0.2, 0.25) is 0 Å². The molecule has 0 aliphatic heterocycles. The standard InChI is InChI=1S/C24H21F3N6O4S/c1-13-9-14(2)21(15(3)10-13)37-23-17(22(34)32-38(35,36)20-6-4-5-18(28)30-20)7-8-19(31-23)33-12-16(11-29-33)24(25,26)27/h4-12H,1-3H3,(H2,28,30)(H,32,34). The van der Waals surface area contributed by atoms with E-state index < -0.39 is 32.7 Å². The van der Waals surface area contributed by atoms with Crippen molar-refractivity contribution in [3.63, 3.8) is 0 Å². The van der Waals surface area contributed by atoms with E-state index >= 15 is 0 Å². The number of halogens is 3. The molecule has 198 valence electrons. The zero-order valence-electron chi connectivity index (χ0n) is 20.2. The Morgan fingerprint density at radius 3 is 2.34 bits per heavy atom. The number of benzene rings is 1. The van der Waals surface area contributed by atoms with Crippen LogP contribution < -0.4 is 15.2 Å². The predicted octanol–water partition coefficient (Wildman–Crippen LogP) is 4.10. The number of carbonyl (C=O) groups excluding carboxylic acids is 1. The summed E-state index contributed by atoms with van der Waals surface area (Å²) in [6.45, 7) is 5.41. The van der Waals surface area contributed by atoms with Crippen molar-refractivity contribution in [3.05, 3.63) is 82.7 Å². The summed E-state index contributed by atoms with van der Waals surface area (Å²) < 4.78 is 73.4. The van der Waals surface area contributed by atoms with Crippen LogP contribution in [0.25, 0.3) is 5.82 Å². The number of carbonyl (C=O) groups is 1. The molecule has 0 atom stereocenters. The third-order valence-electron chi connectivity index (χ3n) is 5.29. The fourth-order valence-corrected chi connectivity index (χ4v) is 4.58. The van der Waals surface area contributed by atoms with Crippen molar-refractivity contribution in [2.24, 2.45) is 0 Å². The maximum Gasteiger partial charge on any atom is 0.419 e. The van der Waals surface area contributed by atoms with Gasteiger partial charge in [0.05, 0.1) is 11.8 Å². The lowest BCUT2D eigenvalue weighted by molar-refractivity contribution is -0.137. The number of aromatic nitrogens is 4. The van der Waals surface area contributed by atoms with Crippen LogP contribution in [0.3, 0.4) is 0 Å². The predicted molar refractivity (Wildman–Crippen MR) is 130 cm³/mol. The van der Waals surface area contributed by atoms with E-state index in [0.717, 1.165) is 22.5 Å². The molecule has 0 fully saturated rings. The van der Waals surface area contributed by atoms with Crippen molar-refractivity contribution in [3.8, 4) is 17.4 Å². The lowest BCUT2D eigenvalue weighted by atomic mass is 10.1. The first kappa shape index (κ1) is 26.6. The zero-order chi connectivity index (χ0) is 27.8. The van der Waals surface area contributed by atoms with Crippen LogP contribution in [-0.4, -0.2) is 34.1 Å². The lowest BCUT2D eigenvalue weighted by Gasteiger charge is -2.16. The number of ether oxygens (including phenoxy) is 1. The van der Waals surface area contributed by atoms with E-state index in [1.54, 1.807) is 13.8 Å². The molecule has 0 saturated carbocycles. The number of aryl methyl sites for hydroxylation is 3. The highest BCUT2D eigenvalue weighted by Crippen LogP contribution is 2.32. The molecule has 1 aromatic carbocycles. The monoisotopic (exact) mass is 546 g/mol. The number of hydrogen-bond donors (Lipinski definition) is 2. The molecule has 38 heavy (non-hydrogen) atoms. The minimum atomic E-state index is -4.63. The molecule has 3 aromatic heterocycles. The summed E-state index contributed by atoms with van der Waals surface area (Å²) in [5, 5.41) is 3.20. The van der Waals surface area contributed by atoms with Crippen LogP contribution in [0, 0.1) is 20.8 Å². The van der Waals surface area contributed by atoms with Crippen LogP contribution in [-0.2, 0) is 16.2 Å². The first-order valence-corrected chi connectivity index (χ1v) is 12.4. The summed E-state index contributed by atoms with van der Waals surface area (Å²) in [5.41, 5.74) is 6.57. The number of rotatable bonds is 6. The Hall–Kier alpha value is -4.46. The van der Waals surface area contributed by atoms with E-state index in [0.29, 0.717) is 23.1 Å². The summed E-state index contributed by atoms with van der Waals surface area (Å²) in [5.74, 6) is -1.30. The van der Waals surface area contributed by atoms with E-state index in [1.807, 2.05) is 23.8 Å². The van der Waals surface area contributed by atoms with Gasteiger partial charge in [0.15, 0.2) is 10.8 Å². The minimum absolute atomic E-state index is 0.0712. The van der Waals surface area contributed by atoms with Crippen LogP contribution in [0.4, 0.5) is 19.0 Å². The second-order valence-electron chi connectivity index (χ2n) is 8.36. The van der Waals surface area contributed by atoms with Crippen LogP contribution in [0.1, 0.15) is 32.6 Å². The molecular formula is C24H21F3N6O4S. The summed E-state index contributed by atoms with van der Waals surface area (Å²) in [7, 11) is -4.43. The van der Waals surface area contributed by atoms with Gasteiger partial charge in [0.1, 0.15) is 17.1 Å². The highest BCUT2D eigenvalue weighted by atomic mass is 32.2. The van der Waals surface area contributed by atoms with Crippen molar-refractivity contribution >= 4 is 21.7 Å². The van der Waals surface area contributed by atoms with Crippen molar-refractivity contribution in [1.82, 2.24) is 24.5 Å². The summed E-state index contributed by atoms with van der Waals surface area (Å²) in [6, 6.07) is 9.91. The average molecular weight is 547 g/mol. The number of nitrogen functional groups attached to an aromatic ring is 1. The van der Waals surface area contributed by atoms with Gasteiger partial charge in [0.25, 0.3) is 15.9 Å². The summed E-state index contributed by atoms with van der Waals surface area (Å²) >= 11 is 0. The van der Waals surface area contributed by atoms with Gasteiger partial charge in [-0.1, -0.05) is 23.8 Å². The van der Waals surface area contributed by atoms with Gasteiger partial charge < -0.3 is 10.5 Å². The number of nitrogens with zero attached hydrogens (tertiary/aromatic N) is 4. The summed E-state index contributed by atoms with van der Waals surface area (Å²) in [4.78, 5) is 21.0. The number of pyridine rings is 2. The molecule has 10 nitrogen and oxygen atoms in total. The number of nitrogens with two attached hydrogens (primary N) is 1. The van der Waals surface area contributed by atoms with Gasteiger partial charge in [0.2, 0.25) is 5.88 Å². The van der Waals surface area contributed by atoms with Crippen molar-refractivity contribution < 1.29 is 31.1 Å². The van der Waals surface area contributed by atoms with Gasteiger partial charge in [0, 0.05) is 6.20 Å². The van der Waals surface area contributed by atoms with E-state index in [1.165, 1.54) is 24.3 Å². The largest absolute Gasteiger partial charge is 0.438 e. The second kappa shape index (κ2) is 9.78. The molecule has 0 spiro atoms. The fourth-order valence-electron chi connectivity index (χ4n) is 3.64. The number of alkyl halides is 3. The number of sulfonamides is 1. The molecule has 4 aromatic rings. The Morgan fingerprint density at radius 2 is 1.74 bits per heavy atom. The second-order valence-corrected chi connectivity index (χ2v) is 9.99. The quantitative estimate of drug-likeness (QED) is 0.368. The third kappa shape index (κ3) is 5.59. The topological polar surface area (TPSA) is 142 Å². The van der Waals surface area contributed by atoms with Gasteiger partial charge in [-0.2, -0.15) is 31.7 Å². The number of anilines is 1. The Morgan fingerprint density at radius 1 is 1.05 bits per heavy atom. The molecule has 0 bridgehead atoms. The zero-order valence-corrected chi connectivity index (χ0v) is 21.1. The van der Waals surface area contributed by atoms with E-state index in [4.69, 9.17) is 10.5 Å². The molecular weight excluding hydrogens is 525 g/mol. The normalized spacial score (nSPS) is 11.8. The molecule has 4 rings (SSSR count). The number of hydrogen-bond acceptors (Lipinski definition) is 8. The first-order chi connectivity index (χ1) is 17.7. The molecule has 0 unspecified atom stereocenters. The molecule has 3 N–H and O–H groups in total. The molecule has 3 heterocycles. The number of amides is 1. The van der Waals surface area contributed by atoms with Crippen molar-refractivity contribution in [2.45, 2.75) is 32.0 Å². The maximum absolute atomic E-state index is 13.1. The Balaban J connectivity index is 1.78. The Labute approximate surface area is 215 Å². The molecule has 0 aliphatic carbocycles. The first-order valence-electron chi connectivity index (χ1n) is 10.9. The van der Waals surface area contributed by atoms with Gasteiger partial charge in [-0.25, -0.2) is 14.4 Å². The molecule has 0 radical (unpaired) electrons.